The molecule has 2 N–H and O–H groups in total. The molecular weight excluding hydrogens is 272 g/mol. The lowest BCUT2D eigenvalue weighted by Gasteiger charge is -2.46. The average Bonchev–Trinajstić information content (AvgIpc) is 2.48. The highest BCUT2D eigenvalue weighted by Crippen LogP contribution is 2.32. The van der Waals surface area contributed by atoms with Gasteiger partial charge in [0.15, 0.2) is 0 Å². The molecule has 2 aliphatic carbocycles. The largest absolute Gasteiger partial charge is 0.322 e. The van der Waals surface area contributed by atoms with Gasteiger partial charge in [-0.2, -0.15) is 0 Å². The lowest BCUT2D eigenvalue weighted by Crippen LogP contribution is -2.71. The van der Waals surface area contributed by atoms with Crippen molar-refractivity contribution in [3.05, 3.63) is 0 Å². The molecule has 3 heteroatoms. The Morgan fingerprint density at radius 3 is 1.24 bits per heavy atom. The predicted molar refractivity (Wildman–Crippen MR) is 96.0 cm³/mol. The lowest BCUT2D eigenvalue weighted by atomic mass is 9.96. The predicted octanol–water partition coefficient (Wildman–Crippen LogP) is 5.09. The fourth-order valence-corrected chi connectivity index (χ4v) is 9.22. The molecule has 124 valence electrons. The molecule has 2 rings (SSSR count). The molecule has 0 aromatic rings. The van der Waals surface area contributed by atoms with Crippen LogP contribution in [0.5, 0.6) is 0 Å². The van der Waals surface area contributed by atoms with Crippen molar-refractivity contribution in [2.24, 2.45) is 0 Å². The van der Waals surface area contributed by atoms with Crippen LogP contribution in [-0.2, 0) is 0 Å². The fraction of sp³-hybridized carbons (Fsp3) is 1.00. The molecule has 0 saturated heterocycles. The first-order chi connectivity index (χ1) is 10.0. The SMILES string of the molecule is CC(C)[Si](NC1CCCCC1)(NC1CCCCC1)C(C)C. The molecule has 0 unspecified atom stereocenters. The van der Waals surface area contributed by atoms with Gasteiger partial charge in [0.25, 0.3) is 0 Å². The molecule has 21 heavy (non-hydrogen) atoms. The van der Waals surface area contributed by atoms with E-state index in [-0.39, 0.29) is 0 Å². The molecule has 2 saturated carbocycles. The molecule has 0 aromatic carbocycles. The van der Waals surface area contributed by atoms with Crippen LogP contribution in [0.3, 0.4) is 0 Å². The summed E-state index contributed by atoms with van der Waals surface area (Å²) in [6.45, 7) is 9.82. The third-order valence-electron chi connectivity index (χ3n) is 5.92. The molecule has 0 atom stereocenters. The molecule has 0 bridgehead atoms. The van der Waals surface area contributed by atoms with Crippen molar-refractivity contribution >= 4 is 8.40 Å². The number of rotatable bonds is 6. The van der Waals surface area contributed by atoms with Gasteiger partial charge in [0.1, 0.15) is 0 Å². The Hall–Kier alpha value is 0.137. The van der Waals surface area contributed by atoms with Crippen LogP contribution in [-0.4, -0.2) is 20.5 Å². The summed E-state index contributed by atoms with van der Waals surface area (Å²) in [5, 5.41) is 0. The molecule has 0 radical (unpaired) electrons. The maximum atomic E-state index is 4.24. The van der Waals surface area contributed by atoms with Crippen molar-refractivity contribution in [2.75, 3.05) is 0 Å². The summed E-state index contributed by atoms with van der Waals surface area (Å²) in [5.74, 6) is 0. The van der Waals surface area contributed by atoms with Gasteiger partial charge in [-0.1, -0.05) is 66.2 Å². The van der Waals surface area contributed by atoms with E-state index in [0.717, 1.165) is 23.2 Å². The Labute approximate surface area is 134 Å². The van der Waals surface area contributed by atoms with Gasteiger partial charge in [-0.05, 0) is 36.8 Å². The van der Waals surface area contributed by atoms with E-state index >= 15 is 0 Å². The highest BCUT2D eigenvalue weighted by Gasteiger charge is 2.43. The Bertz CT molecular complexity index is 262. The van der Waals surface area contributed by atoms with Crippen molar-refractivity contribution in [1.82, 2.24) is 9.96 Å². The van der Waals surface area contributed by atoms with Gasteiger partial charge in [-0.3, -0.25) is 0 Å². The Morgan fingerprint density at radius 1 is 0.619 bits per heavy atom. The first-order valence-corrected chi connectivity index (χ1v) is 11.8. The van der Waals surface area contributed by atoms with Crippen LogP contribution < -0.4 is 9.96 Å². The van der Waals surface area contributed by atoms with Crippen molar-refractivity contribution < 1.29 is 0 Å². The quantitative estimate of drug-likeness (QED) is 0.667. The Morgan fingerprint density at radius 2 is 0.952 bits per heavy atom. The second kappa shape index (κ2) is 8.12. The average molecular weight is 311 g/mol. The molecule has 2 aliphatic rings. The van der Waals surface area contributed by atoms with Gasteiger partial charge in [-0.25, -0.2) is 0 Å². The smallest absolute Gasteiger partial charge is 0.207 e. The van der Waals surface area contributed by atoms with Crippen molar-refractivity contribution in [3.8, 4) is 0 Å². The van der Waals surface area contributed by atoms with Crippen LogP contribution in [0, 0.1) is 0 Å². The van der Waals surface area contributed by atoms with Crippen LogP contribution in [0.4, 0.5) is 0 Å². The normalized spacial score (nSPS) is 23.1. The van der Waals surface area contributed by atoms with Crippen molar-refractivity contribution in [1.29, 1.82) is 0 Å². The first kappa shape index (κ1) is 17.5. The second-order valence-corrected chi connectivity index (χ2v) is 12.8. The first-order valence-electron chi connectivity index (χ1n) is 9.60. The summed E-state index contributed by atoms with van der Waals surface area (Å²) in [4.78, 5) is 8.49. The zero-order valence-corrected chi connectivity index (χ0v) is 15.9. The maximum Gasteiger partial charge on any atom is 0.207 e. The zero-order valence-electron chi connectivity index (χ0n) is 14.9. The summed E-state index contributed by atoms with van der Waals surface area (Å²) in [6.07, 6.45) is 14.2. The maximum absolute atomic E-state index is 4.24. The van der Waals surface area contributed by atoms with Gasteiger partial charge in [-0.15, -0.1) is 0 Å². The zero-order chi connectivity index (χ0) is 15.3. The van der Waals surface area contributed by atoms with E-state index in [0.29, 0.717) is 0 Å². The molecular formula is C18H38N2Si. The second-order valence-electron chi connectivity index (χ2n) is 8.14. The summed E-state index contributed by atoms with van der Waals surface area (Å²) in [5.41, 5.74) is 1.53. The molecule has 2 fully saturated rings. The van der Waals surface area contributed by atoms with E-state index in [2.05, 4.69) is 37.7 Å². The van der Waals surface area contributed by atoms with Crippen LogP contribution in [0.1, 0.15) is 91.9 Å². The van der Waals surface area contributed by atoms with Crippen molar-refractivity contribution in [2.45, 2.75) is 115 Å². The van der Waals surface area contributed by atoms with Crippen LogP contribution in [0.25, 0.3) is 0 Å². The number of hydrogen-bond acceptors (Lipinski definition) is 2. The summed E-state index contributed by atoms with van der Waals surface area (Å²) >= 11 is 0. The van der Waals surface area contributed by atoms with Crippen LogP contribution in [0.2, 0.25) is 11.1 Å². The van der Waals surface area contributed by atoms with E-state index in [1.54, 1.807) is 0 Å². The Balaban J connectivity index is 2.07. The highest BCUT2D eigenvalue weighted by atomic mass is 28.3. The molecule has 0 aliphatic heterocycles. The topological polar surface area (TPSA) is 24.1 Å². The molecule has 0 spiro atoms. The van der Waals surface area contributed by atoms with E-state index < -0.39 is 8.40 Å². The Kier molecular flexibility index (Phi) is 6.76. The highest BCUT2D eigenvalue weighted by molar-refractivity contribution is 6.77. The minimum Gasteiger partial charge on any atom is -0.322 e. The standard InChI is InChI=1S/C18H38N2Si/c1-15(2)21(16(3)4,19-17-11-7-5-8-12-17)20-18-13-9-6-10-14-18/h15-20H,5-14H2,1-4H3. The minimum absolute atomic E-state index is 0.765. The molecule has 2 nitrogen and oxygen atoms in total. The van der Waals surface area contributed by atoms with Gasteiger partial charge in [0.2, 0.25) is 8.40 Å². The molecule has 0 aromatic heterocycles. The van der Waals surface area contributed by atoms with Crippen LogP contribution >= 0.6 is 0 Å². The van der Waals surface area contributed by atoms with Gasteiger partial charge in [0, 0.05) is 12.1 Å². The monoisotopic (exact) mass is 310 g/mol. The lowest BCUT2D eigenvalue weighted by molar-refractivity contribution is 0.382. The van der Waals surface area contributed by atoms with E-state index in [9.17, 15) is 0 Å². The summed E-state index contributed by atoms with van der Waals surface area (Å²) < 4.78 is 0. The third kappa shape index (κ3) is 4.55. The summed E-state index contributed by atoms with van der Waals surface area (Å²) in [6, 6.07) is 1.57. The van der Waals surface area contributed by atoms with E-state index in [1.807, 2.05) is 0 Å². The van der Waals surface area contributed by atoms with Crippen molar-refractivity contribution in [3.63, 3.8) is 0 Å². The minimum atomic E-state index is -1.63. The molecule has 0 amide bonds. The van der Waals surface area contributed by atoms with Gasteiger partial charge < -0.3 is 9.96 Å². The van der Waals surface area contributed by atoms with Gasteiger partial charge >= 0.3 is 0 Å². The van der Waals surface area contributed by atoms with Gasteiger partial charge in [0.05, 0.1) is 0 Å². The summed E-state index contributed by atoms with van der Waals surface area (Å²) in [7, 11) is -1.63. The number of hydrogen-bond donors (Lipinski definition) is 2. The third-order valence-corrected chi connectivity index (χ3v) is 11.3. The van der Waals surface area contributed by atoms with Crippen LogP contribution in [0.15, 0.2) is 0 Å². The fourth-order valence-electron chi connectivity index (χ4n) is 4.54. The molecule has 0 heterocycles. The number of nitrogens with one attached hydrogen (secondary N) is 2. The van der Waals surface area contributed by atoms with E-state index in [1.165, 1.54) is 64.2 Å². The van der Waals surface area contributed by atoms with E-state index in [4.69, 9.17) is 0 Å².